The molecule has 144 valence electrons. The van der Waals surface area contributed by atoms with Crippen molar-refractivity contribution in [3.63, 3.8) is 0 Å². The molecule has 1 atom stereocenters. The van der Waals surface area contributed by atoms with Gasteiger partial charge < -0.3 is 14.8 Å². The first-order valence-electron chi connectivity index (χ1n) is 8.95. The van der Waals surface area contributed by atoms with Crippen LogP contribution in [0.4, 0.5) is 0 Å². The molecule has 0 saturated heterocycles. The van der Waals surface area contributed by atoms with E-state index in [1.807, 2.05) is 54.3 Å². The summed E-state index contributed by atoms with van der Waals surface area (Å²) in [6.45, 7) is 7.35. The Labute approximate surface area is 161 Å². The Morgan fingerprint density at radius 3 is 2.56 bits per heavy atom. The highest BCUT2D eigenvalue weighted by atomic mass is 16.5. The van der Waals surface area contributed by atoms with E-state index in [4.69, 9.17) is 9.47 Å². The highest BCUT2D eigenvalue weighted by molar-refractivity contribution is 5.78. The number of carbonyl (C=O) groups excluding carboxylic acids is 1. The summed E-state index contributed by atoms with van der Waals surface area (Å²) in [7, 11) is 3.23. The van der Waals surface area contributed by atoms with Crippen LogP contribution in [-0.4, -0.2) is 38.1 Å². The van der Waals surface area contributed by atoms with Crippen LogP contribution in [0.5, 0.6) is 11.5 Å². The lowest BCUT2D eigenvalue weighted by Gasteiger charge is -2.23. The van der Waals surface area contributed by atoms with Crippen LogP contribution in [-0.2, 0) is 11.3 Å². The third kappa shape index (κ3) is 6.15. The smallest absolute Gasteiger partial charge is 0.234 e. The summed E-state index contributed by atoms with van der Waals surface area (Å²) in [4.78, 5) is 14.6. The van der Waals surface area contributed by atoms with Crippen LogP contribution < -0.4 is 14.8 Å². The predicted molar refractivity (Wildman–Crippen MR) is 108 cm³/mol. The third-order valence-corrected chi connectivity index (χ3v) is 4.28. The van der Waals surface area contributed by atoms with E-state index in [0.29, 0.717) is 13.1 Å². The molecule has 0 aliphatic heterocycles. The van der Waals surface area contributed by atoms with Crippen molar-refractivity contribution in [1.82, 2.24) is 10.2 Å². The van der Waals surface area contributed by atoms with Crippen molar-refractivity contribution >= 4 is 5.91 Å². The summed E-state index contributed by atoms with van der Waals surface area (Å²) in [6, 6.07) is 15.4. The summed E-state index contributed by atoms with van der Waals surface area (Å²) in [6.07, 6.45) is 1.81. The van der Waals surface area contributed by atoms with Gasteiger partial charge in [0.05, 0.1) is 26.8 Å². The largest absolute Gasteiger partial charge is 0.497 e. The van der Waals surface area contributed by atoms with Gasteiger partial charge in [-0.3, -0.25) is 9.69 Å². The lowest BCUT2D eigenvalue weighted by molar-refractivity contribution is -0.122. The molecule has 1 amide bonds. The molecule has 2 aromatic rings. The minimum Gasteiger partial charge on any atom is -0.497 e. The molecule has 27 heavy (non-hydrogen) atoms. The van der Waals surface area contributed by atoms with Crippen LogP contribution in [0.3, 0.4) is 0 Å². The van der Waals surface area contributed by atoms with E-state index in [-0.39, 0.29) is 18.5 Å². The fourth-order valence-electron chi connectivity index (χ4n) is 2.95. The van der Waals surface area contributed by atoms with Gasteiger partial charge in [-0.15, -0.1) is 6.58 Å². The number of methoxy groups -OCH3 is 2. The van der Waals surface area contributed by atoms with Crippen molar-refractivity contribution in [2.45, 2.75) is 19.5 Å². The van der Waals surface area contributed by atoms with Gasteiger partial charge in [0.15, 0.2) is 0 Å². The van der Waals surface area contributed by atoms with Crippen molar-refractivity contribution in [1.29, 1.82) is 0 Å². The molecule has 5 heteroatoms. The Morgan fingerprint density at radius 2 is 1.93 bits per heavy atom. The van der Waals surface area contributed by atoms with E-state index in [2.05, 4.69) is 24.0 Å². The molecular formula is C22H28N2O3. The number of rotatable bonds is 10. The molecule has 5 nitrogen and oxygen atoms in total. The number of hydrogen-bond acceptors (Lipinski definition) is 4. The Morgan fingerprint density at radius 1 is 1.19 bits per heavy atom. The first-order valence-corrected chi connectivity index (χ1v) is 8.95. The molecule has 2 rings (SSSR count). The minimum atomic E-state index is -0.204. The van der Waals surface area contributed by atoms with E-state index in [0.717, 1.165) is 22.6 Å². The van der Waals surface area contributed by atoms with Crippen molar-refractivity contribution in [2.75, 3.05) is 27.3 Å². The molecule has 0 aliphatic rings. The molecule has 2 aromatic carbocycles. The maximum Gasteiger partial charge on any atom is 0.234 e. The minimum absolute atomic E-state index is 0.0508. The fraction of sp³-hybridized carbons (Fsp3) is 0.318. The lowest BCUT2D eigenvalue weighted by Crippen LogP contribution is -2.38. The monoisotopic (exact) mass is 368 g/mol. The maximum absolute atomic E-state index is 12.6. The molecule has 0 aliphatic carbocycles. The van der Waals surface area contributed by atoms with Crippen molar-refractivity contribution in [3.8, 4) is 11.5 Å². The first-order chi connectivity index (χ1) is 13.1. The summed E-state index contributed by atoms with van der Waals surface area (Å²) in [5.74, 6) is 1.39. The van der Waals surface area contributed by atoms with E-state index < -0.39 is 0 Å². The third-order valence-electron chi connectivity index (χ3n) is 4.28. The van der Waals surface area contributed by atoms with Crippen molar-refractivity contribution in [2.24, 2.45) is 0 Å². The van der Waals surface area contributed by atoms with E-state index in [9.17, 15) is 4.79 Å². The number of benzene rings is 2. The molecule has 0 spiro atoms. The standard InChI is InChI=1S/C22H28N2O3/c1-5-13-24(15-18-9-7-6-8-10-18)16-22(25)23-17(2)20-14-19(26-3)11-12-21(20)27-4/h5-12,14,17H,1,13,15-16H2,2-4H3,(H,23,25). The van der Waals surface area contributed by atoms with Gasteiger partial charge in [0.1, 0.15) is 11.5 Å². The molecular weight excluding hydrogens is 340 g/mol. The fourth-order valence-corrected chi connectivity index (χ4v) is 2.95. The van der Waals surface area contributed by atoms with Gasteiger partial charge in [0.2, 0.25) is 5.91 Å². The zero-order chi connectivity index (χ0) is 19.6. The van der Waals surface area contributed by atoms with Gasteiger partial charge >= 0.3 is 0 Å². The summed E-state index contributed by atoms with van der Waals surface area (Å²) in [5.41, 5.74) is 2.04. The van der Waals surface area contributed by atoms with E-state index in [1.54, 1.807) is 14.2 Å². The quantitative estimate of drug-likeness (QED) is 0.652. The SMILES string of the molecule is C=CCN(CC(=O)NC(C)c1cc(OC)ccc1OC)Cc1ccccc1. The Kier molecular flexibility index (Phi) is 7.89. The summed E-state index contributed by atoms with van der Waals surface area (Å²) in [5, 5.41) is 3.05. The van der Waals surface area contributed by atoms with Gasteiger partial charge in [0.25, 0.3) is 0 Å². The average molecular weight is 368 g/mol. The van der Waals surface area contributed by atoms with Crippen LogP contribution in [0.15, 0.2) is 61.2 Å². The molecule has 0 aromatic heterocycles. The van der Waals surface area contributed by atoms with Gasteiger partial charge in [-0.05, 0) is 30.7 Å². The second kappa shape index (κ2) is 10.4. The topological polar surface area (TPSA) is 50.8 Å². The first kappa shape index (κ1) is 20.5. The van der Waals surface area contributed by atoms with Crippen molar-refractivity contribution < 1.29 is 14.3 Å². The van der Waals surface area contributed by atoms with Gasteiger partial charge in [-0.25, -0.2) is 0 Å². The Balaban J connectivity index is 2.03. The zero-order valence-corrected chi connectivity index (χ0v) is 16.3. The zero-order valence-electron chi connectivity index (χ0n) is 16.3. The lowest BCUT2D eigenvalue weighted by atomic mass is 10.1. The molecule has 1 unspecified atom stereocenters. The number of nitrogens with zero attached hydrogens (tertiary/aromatic N) is 1. The number of ether oxygens (including phenoxy) is 2. The molecule has 0 fully saturated rings. The predicted octanol–water partition coefficient (Wildman–Crippen LogP) is 3.57. The van der Waals surface area contributed by atoms with Crippen LogP contribution in [0, 0.1) is 0 Å². The van der Waals surface area contributed by atoms with E-state index in [1.165, 1.54) is 0 Å². The van der Waals surface area contributed by atoms with Gasteiger partial charge in [-0.1, -0.05) is 36.4 Å². The molecule has 0 saturated carbocycles. The average Bonchev–Trinajstić information content (AvgIpc) is 2.68. The molecule has 0 radical (unpaired) electrons. The van der Waals surface area contributed by atoms with Crippen molar-refractivity contribution in [3.05, 3.63) is 72.3 Å². The number of hydrogen-bond donors (Lipinski definition) is 1. The molecule has 1 N–H and O–H groups in total. The number of nitrogens with one attached hydrogen (secondary N) is 1. The Hall–Kier alpha value is -2.79. The summed E-state index contributed by atoms with van der Waals surface area (Å²) < 4.78 is 10.7. The maximum atomic E-state index is 12.6. The van der Waals surface area contributed by atoms with Crippen LogP contribution in [0.1, 0.15) is 24.1 Å². The van der Waals surface area contributed by atoms with Gasteiger partial charge in [0, 0.05) is 18.7 Å². The normalized spacial score (nSPS) is 11.7. The molecule has 0 heterocycles. The van der Waals surface area contributed by atoms with Crippen LogP contribution in [0.25, 0.3) is 0 Å². The second-order valence-corrected chi connectivity index (χ2v) is 6.34. The van der Waals surface area contributed by atoms with Gasteiger partial charge in [-0.2, -0.15) is 0 Å². The Bertz CT molecular complexity index is 746. The van der Waals surface area contributed by atoms with Crippen LogP contribution in [0.2, 0.25) is 0 Å². The van der Waals surface area contributed by atoms with E-state index >= 15 is 0 Å². The molecule has 0 bridgehead atoms. The number of carbonyl (C=O) groups is 1. The second-order valence-electron chi connectivity index (χ2n) is 6.34. The highest BCUT2D eigenvalue weighted by Crippen LogP contribution is 2.29. The number of amides is 1. The van der Waals surface area contributed by atoms with Crippen LogP contribution >= 0.6 is 0 Å². The summed E-state index contributed by atoms with van der Waals surface area (Å²) >= 11 is 0. The highest BCUT2D eigenvalue weighted by Gasteiger charge is 2.17.